The van der Waals surface area contributed by atoms with Crippen LogP contribution in [0.2, 0.25) is 0 Å². The Labute approximate surface area is 307 Å². The van der Waals surface area contributed by atoms with E-state index in [4.69, 9.17) is 14.2 Å². The largest absolute Gasteiger partial charge is 0.462 e. The summed E-state index contributed by atoms with van der Waals surface area (Å²) in [5, 5.41) is 0. The summed E-state index contributed by atoms with van der Waals surface area (Å²) >= 11 is 0. The Kier molecular flexibility index (Phi) is 37.1. The smallest absolute Gasteiger partial charge is 0.306 e. The van der Waals surface area contributed by atoms with E-state index in [1.165, 1.54) is 70.6 Å². The fourth-order valence-electron chi connectivity index (χ4n) is 5.49. The maximum absolute atomic E-state index is 12.6. The summed E-state index contributed by atoms with van der Waals surface area (Å²) in [6.45, 7) is 6.39. The second-order valence-electron chi connectivity index (χ2n) is 13.5. The first-order valence-corrected chi connectivity index (χ1v) is 20.6. The highest BCUT2D eigenvalue weighted by atomic mass is 16.6. The van der Waals surface area contributed by atoms with Gasteiger partial charge in [0.2, 0.25) is 0 Å². The molecule has 0 saturated carbocycles. The molecule has 0 heterocycles. The fraction of sp³-hybridized carbons (Fsp3) is 0.750. The molecule has 0 amide bonds. The van der Waals surface area contributed by atoms with Crippen LogP contribution in [0, 0.1) is 0 Å². The molecule has 6 nitrogen and oxygen atoms in total. The Morgan fingerprint density at radius 3 is 1.22 bits per heavy atom. The second-order valence-corrected chi connectivity index (χ2v) is 13.5. The van der Waals surface area contributed by atoms with Crippen LogP contribution >= 0.6 is 0 Å². The van der Waals surface area contributed by atoms with Crippen molar-refractivity contribution in [3.8, 4) is 0 Å². The number of hydrogen-bond donors (Lipinski definition) is 0. The van der Waals surface area contributed by atoms with E-state index in [-0.39, 0.29) is 31.1 Å². The van der Waals surface area contributed by atoms with Gasteiger partial charge in [0, 0.05) is 19.3 Å². The molecule has 0 spiro atoms. The van der Waals surface area contributed by atoms with E-state index in [0.29, 0.717) is 19.3 Å². The normalized spacial score (nSPS) is 12.5. The molecule has 0 aromatic heterocycles. The van der Waals surface area contributed by atoms with Crippen molar-refractivity contribution in [3.05, 3.63) is 48.6 Å². The minimum atomic E-state index is -0.781. The van der Waals surface area contributed by atoms with Crippen molar-refractivity contribution in [2.75, 3.05) is 13.2 Å². The van der Waals surface area contributed by atoms with Crippen molar-refractivity contribution in [3.63, 3.8) is 0 Å². The molecule has 1 unspecified atom stereocenters. The molecule has 1 atom stereocenters. The Morgan fingerprint density at radius 2 is 0.780 bits per heavy atom. The summed E-state index contributed by atoms with van der Waals surface area (Å²) in [5.41, 5.74) is 0. The van der Waals surface area contributed by atoms with Crippen LogP contribution in [-0.4, -0.2) is 37.2 Å². The molecule has 0 rings (SSSR count). The highest BCUT2D eigenvalue weighted by Crippen LogP contribution is 2.13. The molecule has 50 heavy (non-hydrogen) atoms. The van der Waals surface area contributed by atoms with Crippen molar-refractivity contribution in [1.29, 1.82) is 0 Å². The van der Waals surface area contributed by atoms with Gasteiger partial charge in [0.25, 0.3) is 0 Å². The first kappa shape index (κ1) is 47.4. The van der Waals surface area contributed by atoms with Crippen molar-refractivity contribution in [1.82, 2.24) is 0 Å². The van der Waals surface area contributed by atoms with Gasteiger partial charge in [-0.2, -0.15) is 0 Å². The third kappa shape index (κ3) is 36.6. The molecule has 0 aromatic rings. The minimum Gasteiger partial charge on any atom is -0.462 e. The van der Waals surface area contributed by atoms with Gasteiger partial charge in [-0.25, -0.2) is 0 Å². The van der Waals surface area contributed by atoms with Gasteiger partial charge in [0.15, 0.2) is 6.10 Å². The number of carbonyl (C=O) groups is 3. The number of unbranched alkanes of at least 4 members (excludes halogenated alkanes) is 17. The van der Waals surface area contributed by atoms with E-state index >= 15 is 0 Å². The summed E-state index contributed by atoms with van der Waals surface area (Å²) in [5.74, 6) is -0.944. The lowest BCUT2D eigenvalue weighted by Crippen LogP contribution is -2.30. The molecule has 0 fully saturated rings. The number of esters is 3. The zero-order valence-corrected chi connectivity index (χ0v) is 32.7. The second kappa shape index (κ2) is 39.2. The van der Waals surface area contributed by atoms with Crippen molar-refractivity contribution in [2.45, 2.75) is 200 Å². The number of ether oxygens (including phenoxy) is 3. The van der Waals surface area contributed by atoms with Gasteiger partial charge >= 0.3 is 17.9 Å². The Bertz CT molecular complexity index is 902. The summed E-state index contributed by atoms with van der Waals surface area (Å²) in [4.78, 5) is 37.4. The van der Waals surface area contributed by atoms with E-state index in [1.54, 1.807) is 0 Å². The lowest BCUT2D eigenvalue weighted by molar-refractivity contribution is -0.167. The molecule has 6 heteroatoms. The van der Waals surface area contributed by atoms with Crippen LogP contribution in [0.25, 0.3) is 0 Å². The van der Waals surface area contributed by atoms with E-state index in [9.17, 15) is 14.4 Å². The van der Waals surface area contributed by atoms with Crippen LogP contribution in [0.1, 0.15) is 194 Å². The Hall–Kier alpha value is -2.63. The van der Waals surface area contributed by atoms with Gasteiger partial charge < -0.3 is 14.2 Å². The molecular formula is C44H76O6. The molecule has 0 aliphatic rings. The summed E-state index contributed by atoms with van der Waals surface area (Å²) in [6, 6.07) is 0. The summed E-state index contributed by atoms with van der Waals surface area (Å²) in [7, 11) is 0. The molecule has 0 radical (unpaired) electrons. The maximum Gasteiger partial charge on any atom is 0.306 e. The zero-order valence-electron chi connectivity index (χ0n) is 32.7. The Morgan fingerprint density at radius 1 is 0.420 bits per heavy atom. The summed E-state index contributed by atoms with van der Waals surface area (Å²) in [6.07, 6.45) is 44.0. The molecule has 0 aromatic carbocycles. The lowest BCUT2D eigenvalue weighted by atomic mass is 10.1. The predicted octanol–water partition coefficient (Wildman–Crippen LogP) is 12.8. The van der Waals surface area contributed by atoms with Crippen molar-refractivity contribution < 1.29 is 28.6 Å². The van der Waals surface area contributed by atoms with E-state index < -0.39 is 6.10 Å². The maximum atomic E-state index is 12.6. The van der Waals surface area contributed by atoms with Gasteiger partial charge in [-0.15, -0.1) is 0 Å². The Balaban J connectivity index is 4.37. The summed E-state index contributed by atoms with van der Waals surface area (Å²) < 4.78 is 16.5. The van der Waals surface area contributed by atoms with E-state index in [0.717, 1.165) is 83.5 Å². The van der Waals surface area contributed by atoms with Crippen LogP contribution in [0.4, 0.5) is 0 Å². The van der Waals surface area contributed by atoms with Crippen LogP contribution in [0.3, 0.4) is 0 Å². The van der Waals surface area contributed by atoms with Gasteiger partial charge in [-0.3, -0.25) is 14.4 Å². The minimum absolute atomic E-state index is 0.0855. The monoisotopic (exact) mass is 701 g/mol. The topological polar surface area (TPSA) is 78.9 Å². The zero-order chi connectivity index (χ0) is 36.6. The third-order valence-corrected chi connectivity index (χ3v) is 8.60. The lowest BCUT2D eigenvalue weighted by Gasteiger charge is -2.18. The molecule has 0 saturated heterocycles. The van der Waals surface area contributed by atoms with Crippen molar-refractivity contribution in [2.24, 2.45) is 0 Å². The first-order chi connectivity index (χ1) is 24.5. The molecular weight excluding hydrogens is 624 g/mol. The van der Waals surface area contributed by atoms with Crippen LogP contribution < -0.4 is 0 Å². The SMILES string of the molecule is CC/C=C\C/C=C\C/C=C\C/C=C\CCCCC(=O)OCC(COC(=O)CCCCCCCC)OC(=O)CCCCCCCCCCCCC. The third-order valence-electron chi connectivity index (χ3n) is 8.60. The molecule has 288 valence electrons. The number of rotatable bonds is 36. The average molecular weight is 701 g/mol. The highest BCUT2D eigenvalue weighted by molar-refractivity contribution is 5.71. The molecule has 0 aliphatic carbocycles. The molecule has 0 bridgehead atoms. The van der Waals surface area contributed by atoms with E-state index in [2.05, 4.69) is 69.4 Å². The average Bonchev–Trinajstić information content (AvgIpc) is 3.11. The molecule has 0 aliphatic heterocycles. The van der Waals surface area contributed by atoms with Gasteiger partial charge in [-0.1, -0.05) is 166 Å². The van der Waals surface area contributed by atoms with Crippen LogP contribution in [0.5, 0.6) is 0 Å². The molecule has 0 N–H and O–H groups in total. The predicted molar refractivity (Wildman–Crippen MR) is 210 cm³/mol. The number of allylic oxidation sites excluding steroid dienone is 8. The standard InChI is InChI=1S/C44H76O6/c1-4-7-10-13-16-18-20-21-22-23-25-26-28-31-34-37-43(46)49-40-41(39-48-42(45)36-33-30-15-12-9-6-3)50-44(47)38-35-32-29-27-24-19-17-14-11-8-5-2/h7,10,16,18,21-22,25-26,41H,4-6,8-9,11-15,17,19-20,23-24,27-40H2,1-3H3/b10-7-,18-16-,22-21-,26-25-. The first-order valence-electron chi connectivity index (χ1n) is 20.6. The van der Waals surface area contributed by atoms with Crippen molar-refractivity contribution >= 4 is 17.9 Å². The number of hydrogen-bond acceptors (Lipinski definition) is 6. The highest BCUT2D eigenvalue weighted by Gasteiger charge is 2.19. The van der Waals surface area contributed by atoms with Gasteiger partial charge in [0.1, 0.15) is 13.2 Å². The number of carbonyl (C=O) groups excluding carboxylic acids is 3. The van der Waals surface area contributed by atoms with Gasteiger partial charge in [0.05, 0.1) is 0 Å². The van der Waals surface area contributed by atoms with Crippen LogP contribution in [-0.2, 0) is 28.6 Å². The van der Waals surface area contributed by atoms with E-state index in [1.807, 2.05) is 0 Å². The fourth-order valence-corrected chi connectivity index (χ4v) is 5.49. The quantitative estimate of drug-likeness (QED) is 0.0280. The van der Waals surface area contributed by atoms with Gasteiger partial charge in [-0.05, 0) is 57.8 Å². The van der Waals surface area contributed by atoms with Crippen LogP contribution in [0.15, 0.2) is 48.6 Å².